The maximum Gasteiger partial charge on any atom is 0.337 e. The summed E-state index contributed by atoms with van der Waals surface area (Å²) in [6.45, 7) is 0.0955. The van der Waals surface area contributed by atoms with Crippen molar-refractivity contribution in [2.45, 2.75) is 10.8 Å². The van der Waals surface area contributed by atoms with Gasteiger partial charge in [0.1, 0.15) is 11.2 Å². The lowest BCUT2D eigenvalue weighted by Gasteiger charge is -2.19. The Hall–Kier alpha value is -3.99. The van der Waals surface area contributed by atoms with Gasteiger partial charge in [0.15, 0.2) is 0 Å². The number of hydrogen-bond acceptors (Lipinski definition) is 8. The number of methoxy groups -OCH3 is 1. The predicted octanol–water partition coefficient (Wildman–Crippen LogP) is 1.73. The molecule has 32 heavy (non-hydrogen) atoms. The molecule has 164 valence electrons. The van der Waals surface area contributed by atoms with Crippen LogP contribution in [0.2, 0.25) is 0 Å². The van der Waals surface area contributed by atoms with Gasteiger partial charge in [0.2, 0.25) is 11.7 Å². The standard InChI is InChI=1S/C21H18N4O6S/c1-30-21(27)14-7-8-16-17(11-14)32(28,29)25-18(24-16)19(26)23-12-15(20-22-9-10-31-20)13-5-3-2-4-6-13/h2-11,15H,12H2,1H3,(H,23,26)(H,24,25). The molecule has 1 aliphatic heterocycles. The minimum Gasteiger partial charge on any atom is -0.465 e. The van der Waals surface area contributed by atoms with Crippen molar-refractivity contribution in [2.24, 2.45) is 4.99 Å². The maximum absolute atomic E-state index is 12.7. The number of rotatable bonds is 6. The van der Waals surface area contributed by atoms with E-state index in [1.54, 1.807) is 0 Å². The number of nitrogens with one attached hydrogen (secondary N) is 2. The minimum atomic E-state index is -4.11. The smallest absolute Gasteiger partial charge is 0.337 e. The molecule has 1 aliphatic rings. The van der Waals surface area contributed by atoms with Crippen molar-refractivity contribution in [3.05, 3.63) is 78.0 Å². The van der Waals surface area contributed by atoms with Crippen LogP contribution in [0.5, 0.6) is 0 Å². The number of amidine groups is 1. The molecule has 1 amide bonds. The Morgan fingerprint density at radius 2 is 1.97 bits per heavy atom. The lowest BCUT2D eigenvalue weighted by atomic mass is 9.99. The molecule has 1 atom stereocenters. The van der Waals surface area contributed by atoms with Crippen molar-refractivity contribution in [1.29, 1.82) is 0 Å². The van der Waals surface area contributed by atoms with Gasteiger partial charge in [-0.25, -0.2) is 23.2 Å². The largest absolute Gasteiger partial charge is 0.465 e. The van der Waals surface area contributed by atoms with Gasteiger partial charge in [0.05, 0.1) is 30.5 Å². The molecule has 11 heteroatoms. The fourth-order valence-corrected chi connectivity index (χ4v) is 4.38. The Morgan fingerprint density at radius 1 is 1.19 bits per heavy atom. The lowest BCUT2D eigenvalue weighted by Crippen LogP contribution is -2.45. The summed E-state index contributed by atoms with van der Waals surface area (Å²) in [5.41, 5.74) is 0.951. The van der Waals surface area contributed by atoms with Gasteiger partial charge in [0.25, 0.3) is 15.9 Å². The third-order valence-corrected chi connectivity index (χ3v) is 6.14. The summed E-state index contributed by atoms with van der Waals surface area (Å²) in [6, 6.07) is 13.2. The van der Waals surface area contributed by atoms with Crippen LogP contribution in [0.25, 0.3) is 0 Å². The van der Waals surface area contributed by atoms with Gasteiger partial charge < -0.3 is 14.5 Å². The number of carbonyl (C=O) groups is 2. The molecule has 2 N–H and O–H groups in total. The number of nitrogens with zero attached hydrogens (tertiary/aromatic N) is 2. The number of hydrogen-bond donors (Lipinski definition) is 2. The summed E-state index contributed by atoms with van der Waals surface area (Å²) in [6.07, 6.45) is 2.94. The molecule has 1 unspecified atom stereocenters. The normalized spacial score (nSPS) is 15.0. The van der Waals surface area contributed by atoms with Crippen LogP contribution in [0.3, 0.4) is 0 Å². The van der Waals surface area contributed by atoms with Gasteiger partial charge in [-0.2, -0.15) is 0 Å². The second kappa shape index (κ2) is 8.63. The zero-order valence-corrected chi connectivity index (χ0v) is 17.6. The van der Waals surface area contributed by atoms with Gasteiger partial charge in [-0.3, -0.25) is 9.52 Å². The van der Waals surface area contributed by atoms with E-state index in [1.165, 1.54) is 31.7 Å². The first kappa shape index (κ1) is 21.2. The number of aromatic nitrogens is 1. The molecule has 4 rings (SSSR count). The summed E-state index contributed by atoms with van der Waals surface area (Å²) < 4.78 is 37.5. The van der Waals surface area contributed by atoms with Crippen LogP contribution in [0.1, 0.15) is 27.7 Å². The third-order valence-electron chi connectivity index (χ3n) is 4.77. The van der Waals surface area contributed by atoms with Gasteiger partial charge in [-0.15, -0.1) is 0 Å². The molecule has 0 aliphatic carbocycles. The van der Waals surface area contributed by atoms with Gasteiger partial charge in [0, 0.05) is 6.54 Å². The van der Waals surface area contributed by atoms with E-state index < -0.39 is 21.9 Å². The van der Waals surface area contributed by atoms with Crippen molar-refractivity contribution in [2.75, 3.05) is 13.7 Å². The molecular formula is C21H18N4O6S. The minimum absolute atomic E-state index is 0.0360. The number of amides is 1. The van der Waals surface area contributed by atoms with Crippen LogP contribution in [-0.4, -0.2) is 44.8 Å². The van der Waals surface area contributed by atoms with Crippen molar-refractivity contribution in [3.63, 3.8) is 0 Å². The summed E-state index contributed by atoms with van der Waals surface area (Å²) in [5.74, 6) is -1.77. The Kier molecular flexibility index (Phi) is 5.73. The van der Waals surface area contributed by atoms with Gasteiger partial charge in [-0.1, -0.05) is 30.3 Å². The first-order chi connectivity index (χ1) is 15.4. The second-order valence-electron chi connectivity index (χ2n) is 6.78. The number of aliphatic imine (C=N–C) groups is 1. The molecule has 2 aromatic carbocycles. The molecule has 0 spiro atoms. The molecule has 3 aromatic rings. The van der Waals surface area contributed by atoms with Gasteiger partial charge >= 0.3 is 5.97 Å². The SMILES string of the molecule is COC(=O)c1ccc2c(c1)S(=O)(=O)NC(C(=O)NCC(c1ccccc1)c1ncco1)=N2. The molecule has 10 nitrogen and oxygen atoms in total. The third kappa shape index (κ3) is 4.23. The Morgan fingerprint density at radius 3 is 2.66 bits per heavy atom. The lowest BCUT2D eigenvalue weighted by molar-refractivity contribution is -0.115. The molecule has 0 radical (unpaired) electrons. The molecule has 2 heterocycles. The van der Waals surface area contributed by atoms with Crippen molar-refractivity contribution in [1.82, 2.24) is 15.0 Å². The molecule has 1 aromatic heterocycles. The summed E-state index contributed by atoms with van der Waals surface area (Å²) in [4.78, 5) is 32.5. The number of carbonyl (C=O) groups excluding carboxylic acids is 2. The van der Waals surface area contributed by atoms with Crippen LogP contribution in [-0.2, 0) is 19.6 Å². The average Bonchev–Trinajstić information content (AvgIpc) is 3.33. The Balaban J connectivity index is 1.57. The van der Waals surface area contributed by atoms with E-state index >= 15 is 0 Å². The van der Waals surface area contributed by atoms with Gasteiger partial charge in [-0.05, 0) is 23.8 Å². The number of fused-ring (bicyclic) bond motifs is 1. The van der Waals surface area contributed by atoms with E-state index in [1.807, 2.05) is 30.3 Å². The summed E-state index contributed by atoms with van der Waals surface area (Å²) in [7, 11) is -2.92. The highest BCUT2D eigenvalue weighted by molar-refractivity contribution is 7.90. The zero-order valence-electron chi connectivity index (χ0n) is 16.8. The molecule has 0 saturated heterocycles. The molecule has 0 fully saturated rings. The first-order valence-electron chi connectivity index (χ1n) is 9.45. The Bertz CT molecular complexity index is 1290. The quantitative estimate of drug-likeness (QED) is 0.541. The number of oxazole rings is 1. The average molecular weight is 454 g/mol. The monoisotopic (exact) mass is 454 g/mol. The summed E-state index contributed by atoms with van der Waals surface area (Å²) >= 11 is 0. The van der Waals surface area contributed by atoms with Crippen LogP contribution < -0.4 is 10.0 Å². The maximum atomic E-state index is 12.7. The van der Waals surface area contributed by atoms with E-state index in [0.717, 1.165) is 11.6 Å². The Labute approximate surface area is 183 Å². The summed E-state index contributed by atoms with van der Waals surface area (Å²) in [5, 5.41) is 2.68. The highest BCUT2D eigenvalue weighted by atomic mass is 32.2. The van der Waals surface area contributed by atoms with Crippen molar-refractivity contribution >= 4 is 33.4 Å². The highest BCUT2D eigenvalue weighted by Crippen LogP contribution is 2.29. The van der Waals surface area contributed by atoms with Crippen LogP contribution >= 0.6 is 0 Å². The number of esters is 1. The molecule has 0 bridgehead atoms. The van der Waals surface area contributed by atoms with E-state index in [2.05, 4.69) is 24.8 Å². The van der Waals surface area contributed by atoms with Crippen LogP contribution in [0, 0.1) is 0 Å². The fourth-order valence-electron chi connectivity index (χ4n) is 3.21. The van der Waals surface area contributed by atoms with Crippen molar-refractivity contribution < 1.29 is 27.2 Å². The first-order valence-corrected chi connectivity index (χ1v) is 10.9. The van der Waals surface area contributed by atoms with E-state index in [4.69, 9.17) is 4.42 Å². The van der Waals surface area contributed by atoms with Crippen LogP contribution in [0.4, 0.5) is 5.69 Å². The van der Waals surface area contributed by atoms with E-state index in [-0.39, 0.29) is 34.4 Å². The second-order valence-corrected chi connectivity index (χ2v) is 8.43. The number of sulfonamides is 1. The van der Waals surface area contributed by atoms with Crippen LogP contribution in [0.15, 0.2) is 75.3 Å². The topological polar surface area (TPSA) is 140 Å². The zero-order chi connectivity index (χ0) is 22.7. The molecular weight excluding hydrogens is 436 g/mol. The van der Waals surface area contributed by atoms with E-state index in [0.29, 0.717) is 5.89 Å². The highest BCUT2D eigenvalue weighted by Gasteiger charge is 2.30. The van der Waals surface area contributed by atoms with E-state index in [9.17, 15) is 18.0 Å². The number of benzene rings is 2. The fraction of sp³-hybridized carbons (Fsp3) is 0.143. The molecule has 0 saturated carbocycles. The van der Waals surface area contributed by atoms with Crippen molar-refractivity contribution in [3.8, 4) is 0 Å². The predicted molar refractivity (Wildman–Crippen MR) is 113 cm³/mol. The number of ether oxygens (including phenoxy) is 1.